The molecule has 7 heteroatoms. The quantitative estimate of drug-likeness (QED) is 0.876. The van der Waals surface area contributed by atoms with Crippen LogP contribution in [0.5, 0.6) is 0 Å². The Labute approximate surface area is 123 Å². The predicted octanol–water partition coefficient (Wildman–Crippen LogP) is 1.54. The molecule has 0 aliphatic carbocycles. The van der Waals surface area contributed by atoms with Gasteiger partial charge in [0.15, 0.2) is 0 Å². The molecule has 1 N–H and O–H groups in total. The van der Waals surface area contributed by atoms with E-state index in [9.17, 15) is 4.79 Å². The van der Waals surface area contributed by atoms with Gasteiger partial charge in [-0.15, -0.1) is 0 Å². The second-order valence-corrected chi connectivity index (χ2v) is 4.77. The second kappa shape index (κ2) is 6.94. The summed E-state index contributed by atoms with van der Waals surface area (Å²) in [4.78, 5) is 13.8. The number of amides is 2. The second-order valence-electron chi connectivity index (χ2n) is 4.77. The molecule has 2 heterocycles. The number of methoxy groups -OCH3 is 1. The van der Waals surface area contributed by atoms with E-state index >= 15 is 0 Å². The summed E-state index contributed by atoms with van der Waals surface area (Å²) in [6, 6.07) is 5.03. The van der Waals surface area contributed by atoms with Gasteiger partial charge in [-0.2, -0.15) is 5.10 Å². The van der Waals surface area contributed by atoms with Gasteiger partial charge in [-0.3, -0.25) is 4.68 Å². The minimum Gasteiger partial charge on any atom is -0.467 e. The van der Waals surface area contributed by atoms with Gasteiger partial charge in [-0.05, 0) is 18.2 Å². The van der Waals surface area contributed by atoms with Crippen LogP contribution < -0.4 is 5.32 Å². The lowest BCUT2D eigenvalue weighted by atomic mass is 10.2. The fraction of sp³-hybridized carbons (Fsp3) is 0.429. The molecule has 0 aliphatic rings. The van der Waals surface area contributed by atoms with E-state index in [0.717, 1.165) is 11.5 Å². The molecule has 0 aliphatic heterocycles. The number of ether oxygens (including phenoxy) is 1. The first-order chi connectivity index (χ1) is 10.1. The van der Waals surface area contributed by atoms with Gasteiger partial charge in [0.1, 0.15) is 5.76 Å². The van der Waals surface area contributed by atoms with Gasteiger partial charge in [0.2, 0.25) is 0 Å². The van der Waals surface area contributed by atoms with Crippen LogP contribution in [0.1, 0.15) is 17.5 Å². The monoisotopic (exact) mass is 292 g/mol. The van der Waals surface area contributed by atoms with Crippen molar-refractivity contribution in [2.24, 2.45) is 7.05 Å². The van der Waals surface area contributed by atoms with Crippen molar-refractivity contribution in [1.29, 1.82) is 0 Å². The number of hydrogen-bond donors (Lipinski definition) is 1. The van der Waals surface area contributed by atoms with Crippen LogP contribution in [0.25, 0.3) is 0 Å². The lowest BCUT2D eigenvalue weighted by Crippen LogP contribution is -2.40. The Morgan fingerprint density at radius 2 is 2.38 bits per heavy atom. The number of nitrogens with zero attached hydrogens (tertiary/aromatic N) is 3. The molecule has 0 fully saturated rings. The van der Waals surface area contributed by atoms with Crippen LogP contribution in [0, 0.1) is 0 Å². The van der Waals surface area contributed by atoms with Crippen molar-refractivity contribution < 1.29 is 13.9 Å². The van der Waals surface area contributed by atoms with E-state index < -0.39 is 0 Å². The average Bonchev–Trinajstić information content (AvgIpc) is 3.09. The lowest BCUT2D eigenvalue weighted by molar-refractivity contribution is 0.154. The maximum absolute atomic E-state index is 12.2. The van der Waals surface area contributed by atoms with E-state index in [1.54, 1.807) is 42.3 Å². The molecule has 114 valence electrons. The highest BCUT2D eigenvalue weighted by Crippen LogP contribution is 2.13. The number of carbonyl (C=O) groups excluding carboxylic acids is 1. The molecule has 7 nitrogen and oxygen atoms in total. The lowest BCUT2D eigenvalue weighted by Gasteiger charge is -2.22. The number of carbonyl (C=O) groups is 1. The van der Waals surface area contributed by atoms with Crippen molar-refractivity contribution in [3.05, 3.63) is 42.1 Å². The largest absolute Gasteiger partial charge is 0.467 e. The third-order valence-corrected chi connectivity index (χ3v) is 3.17. The van der Waals surface area contributed by atoms with E-state index in [1.165, 1.54) is 0 Å². The van der Waals surface area contributed by atoms with Gasteiger partial charge >= 0.3 is 6.03 Å². The van der Waals surface area contributed by atoms with E-state index in [-0.39, 0.29) is 12.1 Å². The van der Waals surface area contributed by atoms with Crippen LogP contribution in [0.4, 0.5) is 4.79 Å². The van der Waals surface area contributed by atoms with Crippen molar-refractivity contribution in [3.63, 3.8) is 0 Å². The number of nitrogens with one attached hydrogen (secondary N) is 1. The first-order valence-corrected chi connectivity index (χ1v) is 6.62. The highest BCUT2D eigenvalue weighted by Gasteiger charge is 2.20. The van der Waals surface area contributed by atoms with Crippen molar-refractivity contribution in [3.8, 4) is 0 Å². The summed E-state index contributed by atoms with van der Waals surface area (Å²) in [5.41, 5.74) is 0.886. The molecule has 21 heavy (non-hydrogen) atoms. The molecule has 0 saturated carbocycles. The van der Waals surface area contributed by atoms with Gasteiger partial charge < -0.3 is 19.4 Å². The topological polar surface area (TPSA) is 72.5 Å². The summed E-state index contributed by atoms with van der Waals surface area (Å²) in [7, 11) is 5.14. The van der Waals surface area contributed by atoms with Crippen LogP contribution in [0.3, 0.4) is 0 Å². The van der Waals surface area contributed by atoms with Crippen LogP contribution in [-0.4, -0.2) is 41.5 Å². The smallest absolute Gasteiger partial charge is 0.318 e. The van der Waals surface area contributed by atoms with Crippen LogP contribution in [-0.2, 0) is 18.3 Å². The SMILES string of the molecule is COC[C@H](NC(=O)N(C)Cc1ccco1)c1ccnn1C. The predicted molar refractivity (Wildman–Crippen MR) is 76.5 cm³/mol. The first-order valence-electron chi connectivity index (χ1n) is 6.62. The van der Waals surface area contributed by atoms with Crippen LogP contribution in [0.15, 0.2) is 35.1 Å². The molecular weight excluding hydrogens is 272 g/mol. The maximum atomic E-state index is 12.2. The highest BCUT2D eigenvalue weighted by molar-refractivity contribution is 5.74. The molecular formula is C14H20N4O3. The number of furan rings is 1. The third kappa shape index (κ3) is 3.85. The zero-order valence-electron chi connectivity index (χ0n) is 12.4. The molecule has 1 atom stereocenters. The fourth-order valence-corrected chi connectivity index (χ4v) is 2.06. The molecule has 0 bridgehead atoms. The average molecular weight is 292 g/mol. The summed E-state index contributed by atoms with van der Waals surface area (Å²) in [6.07, 6.45) is 3.28. The molecule has 2 aromatic rings. The van der Waals surface area contributed by atoms with Crippen molar-refractivity contribution in [1.82, 2.24) is 20.0 Å². The summed E-state index contributed by atoms with van der Waals surface area (Å²) in [5.74, 6) is 0.733. The summed E-state index contributed by atoms with van der Waals surface area (Å²) in [5, 5.41) is 7.05. The molecule has 0 unspecified atom stereocenters. The number of aryl methyl sites for hydroxylation is 1. The first kappa shape index (κ1) is 15.1. The number of aromatic nitrogens is 2. The third-order valence-electron chi connectivity index (χ3n) is 3.17. The Kier molecular flexibility index (Phi) is 4.99. The summed E-state index contributed by atoms with van der Waals surface area (Å²) in [6.45, 7) is 0.782. The van der Waals surface area contributed by atoms with Gasteiger partial charge in [0, 0.05) is 27.4 Å². The molecule has 0 spiro atoms. The number of rotatable bonds is 6. The maximum Gasteiger partial charge on any atom is 0.318 e. The van der Waals surface area contributed by atoms with Crippen molar-refractivity contribution in [2.75, 3.05) is 20.8 Å². The van der Waals surface area contributed by atoms with Crippen molar-refractivity contribution in [2.45, 2.75) is 12.6 Å². The van der Waals surface area contributed by atoms with Crippen LogP contribution in [0.2, 0.25) is 0 Å². The minimum absolute atomic E-state index is 0.199. The standard InChI is InChI=1S/C14H20N4O3/c1-17(9-11-5-4-8-21-11)14(19)16-12(10-20-3)13-6-7-15-18(13)2/h4-8,12H,9-10H2,1-3H3,(H,16,19)/t12-/m0/s1. The molecule has 2 amide bonds. The number of urea groups is 1. The molecule has 0 radical (unpaired) electrons. The normalized spacial score (nSPS) is 12.1. The Balaban J connectivity index is 1.99. The molecule has 2 rings (SSSR count). The van der Waals surface area contributed by atoms with E-state index in [1.807, 2.05) is 19.2 Å². The molecule has 0 saturated heterocycles. The number of hydrogen-bond acceptors (Lipinski definition) is 4. The van der Waals surface area contributed by atoms with Gasteiger partial charge in [0.25, 0.3) is 0 Å². The van der Waals surface area contributed by atoms with Gasteiger partial charge in [-0.25, -0.2) is 4.79 Å². The molecule has 2 aromatic heterocycles. The van der Waals surface area contributed by atoms with E-state index in [2.05, 4.69) is 10.4 Å². The Bertz CT molecular complexity index is 565. The Morgan fingerprint density at radius 1 is 1.57 bits per heavy atom. The van der Waals surface area contributed by atoms with Gasteiger partial charge in [0.05, 0.1) is 31.2 Å². The van der Waals surface area contributed by atoms with Crippen molar-refractivity contribution >= 4 is 6.03 Å². The van der Waals surface area contributed by atoms with E-state index in [4.69, 9.17) is 9.15 Å². The summed E-state index contributed by atoms with van der Waals surface area (Å²) < 4.78 is 12.1. The Hall–Kier alpha value is -2.28. The summed E-state index contributed by atoms with van der Waals surface area (Å²) >= 11 is 0. The zero-order valence-corrected chi connectivity index (χ0v) is 12.4. The highest BCUT2D eigenvalue weighted by atomic mass is 16.5. The van der Waals surface area contributed by atoms with Gasteiger partial charge in [-0.1, -0.05) is 0 Å². The van der Waals surface area contributed by atoms with E-state index in [0.29, 0.717) is 13.2 Å². The Morgan fingerprint density at radius 3 is 2.95 bits per heavy atom. The minimum atomic E-state index is -0.256. The molecule has 0 aromatic carbocycles. The zero-order chi connectivity index (χ0) is 15.2. The fourth-order valence-electron chi connectivity index (χ4n) is 2.06. The van der Waals surface area contributed by atoms with Crippen LogP contribution >= 0.6 is 0 Å².